The van der Waals surface area contributed by atoms with Crippen LogP contribution in [0.5, 0.6) is 0 Å². The maximum absolute atomic E-state index is 12.0. The van der Waals surface area contributed by atoms with Gasteiger partial charge in [0.15, 0.2) is 0 Å². The number of anilines is 1. The summed E-state index contributed by atoms with van der Waals surface area (Å²) in [4.78, 5) is 20.8. The molecule has 0 aliphatic rings. The number of halogens is 1. The number of aryl methyl sites for hydroxylation is 1. The van der Waals surface area contributed by atoms with Gasteiger partial charge in [-0.25, -0.2) is 9.97 Å². The van der Waals surface area contributed by atoms with Crippen molar-refractivity contribution in [2.24, 2.45) is 0 Å². The zero-order valence-electron chi connectivity index (χ0n) is 13.7. The van der Waals surface area contributed by atoms with Crippen LogP contribution in [-0.4, -0.2) is 33.5 Å². The average molecular weight is 400 g/mol. The first-order chi connectivity index (χ1) is 12.1. The van der Waals surface area contributed by atoms with Crippen LogP contribution in [-0.2, 0) is 0 Å². The van der Waals surface area contributed by atoms with Gasteiger partial charge in [0.1, 0.15) is 17.5 Å². The van der Waals surface area contributed by atoms with E-state index in [4.69, 9.17) is 0 Å². The quantitative estimate of drug-likeness (QED) is 0.624. The van der Waals surface area contributed by atoms with Gasteiger partial charge in [0.2, 0.25) is 0 Å². The lowest BCUT2D eigenvalue weighted by atomic mass is 10.2. The van der Waals surface area contributed by atoms with Gasteiger partial charge < -0.3 is 15.2 Å². The fraction of sp³-hybridized carbons (Fsp3) is 0.167. The summed E-state index contributed by atoms with van der Waals surface area (Å²) in [6, 6.07) is 13.0. The van der Waals surface area contributed by atoms with E-state index < -0.39 is 0 Å². The molecule has 0 saturated heterocycles. The van der Waals surface area contributed by atoms with Crippen molar-refractivity contribution < 1.29 is 4.79 Å². The molecular formula is C18H18BrN5O. The minimum Gasteiger partial charge on any atom is -0.368 e. The molecule has 2 aromatic heterocycles. The van der Waals surface area contributed by atoms with E-state index in [9.17, 15) is 4.79 Å². The van der Waals surface area contributed by atoms with Gasteiger partial charge in [0, 0.05) is 41.6 Å². The standard InChI is InChI=1S/C18H18BrN5O/c1-13-22-16(12-17(23-13)24-10-2-3-11-24)20-8-9-21-18(25)14-4-6-15(19)7-5-14/h2-7,10-12H,8-9H2,1H3,(H,21,25)(H,20,22,23). The molecule has 128 valence electrons. The fourth-order valence-corrected chi connectivity index (χ4v) is 2.60. The highest BCUT2D eigenvalue weighted by molar-refractivity contribution is 9.10. The highest BCUT2D eigenvalue weighted by atomic mass is 79.9. The van der Waals surface area contributed by atoms with Crippen LogP contribution < -0.4 is 10.6 Å². The van der Waals surface area contributed by atoms with E-state index in [-0.39, 0.29) is 5.91 Å². The molecule has 1 amide bonds. The Morgan fingerprint density at radius 3 is 2.56 bits per heavy atom. The summed E-state index contributed by atoms with van der Waals surface area (Å²) < 4.78 is 2.87. The molecule has 2 N–H and O–H groups in total. The molecule has 0 unspecified atom stereocenters. The van der Waals surface area contributed by atoms with Crippen molar-refractivity contribution in [2.45, 2.75) is 6.92 Å². The first kappa shape index (κ1) is 17.2. The molecule has 0 fully saturated rings. The molecule has 25 heavy (non-hydrogen) atoms. The van der Waals surface area contributed by atoms with Gasteiger partial charge in [-0.3, -0.25) is 4.79 Å². The number of benzene rings is 1. The van der Waals surface area contributed by atoms with Gasteiger partial charge in [0.05, 0.1) is 0 Å². The Bertz CT molecular complexity index is 846. The number of amides is 1. The average Bonchev–Trinajstić information content (AvgIpc) is 3.13. The molecule has 7 heteroatoms. The second kappa shape index (κ2) is 7.94. The van der Waals surface area contributed by atoms with E-state index in [0.717, 1.165) is 16.1 Å². The Balaban J connectivity index is 1.54. The van der Waals surface area contributed by atoms with Gasteiger partial charge in [-0.05, 0) is 43.3 Å². The zero-order chi connectivity index (χ0) is 17.6. The number of hydrogen-bond donors (Lipinski definition) is 2. The van der Waals surface area contributed by atoms with Crippen molar-refractivity contribution in [1.82, 2.24) is 19.9 Å². The van der Waals surface area contributed by atoms with E-state index in [1.54, 1.807) is 12.1 Å². The monoisotopic (exact) mass is 399 g/mol. The van der Waals surface area contributed by atoms with Crippen molar-refractivity contribution >= 4 is 27.7 Å². The van der Waals surface area contributed by atoms with Crippen molar-refractivity contribution in [3.63, 3.8) is 0 Å². The molecule has 6 nitrogen and oxygen atoms in total. The maximum atomic E-state index is 12.0. The third-order valence-electron chi connectivity index (χ3n) is 3.52. The summed E-state index contributed by atoms with van der Waals surface area (Å²) in [5, 5.41) is 6.10. The molecule has 3 rings (SSSR count). The Labute approximate surface area is 154 Å². The van der Waals surface area contributed by atoms with E-state index in [2.05, 4.69) is 36.5 Å². The molecule has 2 heterocycles. The molecule has 1 aromatic carbocycles. The normalized spacial score (nSPS) is 10.5. The minimum absolute atomic E-state index is 0.0961. The lowest BCUT2D eigenvalue weighted by molar-refractivity contribution is 0.0955. The van der Waals surface area contributed by atoms with Crippen LogP contribution in [0, 0.1) is 6.92 Å². The SMILES string of the molecule is Cc1nc(NCCNC(=O)c2ccc(Br)cc2)cc(-n2cccc2)n1. The van der Waals surface area contributed by atoms with Gasteiger partial charge in [-0.2, -0.15) is 0 Å². The molecule has 0 bridgehead atoms. The largest absolute Gasteiger partial charge is 0.368 e. The predicted molar refractivity (Wildman–Crippen MR) is 101 cm³/mol. The van der Waals surface area contributed by atoms with E-state index in [1.165, 1.54) is 0 Å². The summed E-state index contributed by atoms with van der Waals surface area (Å²) >= 11 is 3.35. The second-order valence-electron chi connectivity index (χ2n) is 5.44. The molecule has 0 aliphatic carbocycles. The molecule has 0 aliphatic heterocycles. The third kappa shape index (κ3) is 4.67. The molecular weight excluding hydrogens is 382 g/mol. The Kier molecular flexibility index (Phi) is 5.45. The number of hydrogen-bond acceptors (Lipinski definition) is 4. The molecule has 0 saturated carbocycles. The van der Waals surface area contributed by atoms with Gasteiger partial charge in [-0.15, -0.1) is 0 Å². The van der Waals surface area contributed by atoms with Gasteiger partial charge in [-0.1, -0.05) is 15.9 Å². The first-order valence-corrected chi connectivity index (χ1v) is 8.68. The first-order valence-electron chi connectivity index (χ1n) is 7.88. The van der Waals surface area contributed by atoms with Crippen LogP contribution in [0.1, 0.15) is 16.2 Å². The van der Waals surface area contributed by atoms with Crippen molar-refractivity contribution in [3.05, 3.63) is 70.7 Å². The topological polar surface area (TPSA) is 71.8 Å². The highest BCUT2D eigenvalue weighted by Crippen LogP contribution is 2.11. The van der Waals surface area contributed by atoms with Gasteiger partial charge >= 0.3 is 0 Å². The number of carbonyl (C=O) groups excluding carboxylic acids is 1. The van der Waals surface area contributed by atoms with E-state index in [1.807, 2.05) is 54.2 Å². The van der Waals surface area contributed by atoms with Crippen LogP contribution in [0.25, 0.3) is 5.82 Å². The maximum Gasteiger partial charge on any atom is 0.251 e. The summed E-state index contributed by atoms with van der Waals surface area (Å²) in [6.07, 6.45) is 3.87. The number of nitrogens with zero attached hydrogens (tertiary/aromatic N) is 3. The van der Waals surface area contributed by atoms with E-state index >= 15 is 0 Å². The lowest BCUT2D eigenvalue weighted by Gasteiger charge is -2.10. The summed E-state index contributed by atoms with van der Waals surface area (Å²) in [5.41, 5.74) is 0.635. The molecule has 0 atom stereocenters. The molecule has 0 radical (unpaired) electrons. The number of aromatic nitrogens is 3. The molecule has 3 aromatic rings. The van der Waals surface area contributed by atoms with Crippen LogP contribution in [0.15, 0.2) is 59.3 Å². The predicted octanol–water partition coefficient (Wildman–Crippen LogP) is 3.18. The zero-order valence-corrected chi connectivity index (χ0v) is 15.3. The summed E-state index contributed by atoms with van der Waals surface area (Å²) in [5.74, 6) is 2.13. The summed E-state index contributed by atoms with van der Waals surface area (Å²) in [7, 11) is 0. The van der Waals surface area contributed by atoms with E-state index in [0.29, 0.717) is 24.5 Å². The van der Waals surface area contributed by atoms with Crippen LogP contribution in [0.2, 0.25) is 0 Å². The Morgan fingerprint density at radius 2 is 1.84 bits per heavy atom. The lowest BCUT2D eigenvalue weighted by Crippen LogP contribution is -2.28. The Morgan fingerprint density at radius 1 is 1.12 bits per heavy atom. The van der Waals surface area contributed by atoms with Crippen molar-refractivity contribution in [3.8, 4) is 5.82 Å². The number of rotatable bonds is 6. The van der Waals surface area contributed by atoms with Crippen molar-refractivity contribution in [2.75, 3.05) is 18.4 Å². The van der Waals surface area contributed by atoms with Crippen molar-refractivity contribution in [1.29, 1.82) is 0 Å². The number of carbonyl (C=O) groups is 1. The van der Waals surface area contributed by atoms with Crippen LogP contribution in [0.4, 0.5) is 5.82 Å². The highest BCUT2D eigenvalue weighted by Gasteiger charge is 2.05. The van der Waals surface area contributed by atoms with Crippen LogP contribution >= 0.6 is 15.9 Å². The van der Waals surface area contributed by atoms with Gasteiger partial charge in [0.25, 0.3) is 5.91 Å². The molecule has 0 spiro atoms. The minimum atomic E-state index is -0.0961. The smallest absolute Gasteiger partial charge is 0.251 e. The fourth-order valence-electron chi connectivity index (χ4n) is 2.33. The second-order valence-corrected chi connectivity index (χ2v) is 6.35. The third-order valence-corrected chi connectivity index (χ3v) is 4.05. The Hall–Kier alpha value is -2.67. The summed E-state index contributed by atoms with van der Waals surface area (Å²) in [6.45, 7) is 2.92. The van der Waals surface area contributed by atoms with Crippen LogP contribution in [0.3, 0.4) is 0 Å². The number of nitrogens with one attached hydrogen (secondary N) is 2.